The highest BCUT2D eigenvalue weighted by Gasteiger charge is 2.20. The molecule has 0 spiro atoms. The Bertz CT molecular complexity index is 589. The summed E-state index contributed by atoms with van der Waals surface area (Å²) in [5.41, 5.74) is 2.30. The third-order valence-electron chi connectivity index (χ3n) is 2.72. The molecular weight excluding hydrogens is 300 g/mol. The van der Waals surface area contributed by atoms with Crippen LogP contribution in [-0.2, 0) is 17.8 Å². The van der Waals surface area contributed by atoms with Gasteiger partial charge in [-0.1, -0.05) is 15.9 Å². The fourth-order valence-corrected chi connectivity index (χ4v) is 3.44. The van der Waals surface area contributed by atoms with Crippen molar-refractivity contribution in [2.24, 2.45) is 0 Å². The summed E-state index contributed by atoms with van der Waals surface area (Å²) in [5.74, 6) is 0.909. The van der Waals surface area contributed by atoms with Crippen molar-refractivity contribution in [1.82, 2.24) is 0 Å². The third-order valence-corrected chi connectivity index (χ3v) is 4.44. The summed E-state index contributed by atoms with van der Waals surface area (Å²) in [5, 5.41) is 0. The Labute approximate surface area is 111 Å². The lowest BCUT2D eigenvalue weighted by molar-refractivity contribution is -0.107. The minimum absolute atomic E-state index is 0.490. The van der Waals surface area contributed by atoms with Crippen LogP contribution in [0.2, 0.25) is 0 Å². The van der Waals surface area contributed by atoms with E-state index in [9.17, 15) is 4.79 Å². The fourth-order valence-electron chi connectivity index (χ4n) is 1.96. The Hall–Kier alpha value is -1.13. The first-order valence-corrected chi connectivity index (χ1v) is 6.87. The minimum atomic E-state index is 0.490. The number of ether oxygens (including phenoxy) is 1. The van der Waals surface area contributed by atoms with E-state index in [0.29, 0.717) is 13.0 Å². The molecule has 1 aromatic heterocycles. The van der Waals surface area contributed by atoms with E-state index in [1.54, 1.807) is 11.3 Å². The molecule has 0 aliphatic carbocycles. The van der Waals surface area contributed by atoms with E-state index in [4.69, 9.17) is 4.74 Å². The van der Waals surface area contributed by atoms with Gasteiger partial charge in [0.1, 0.15) is 18.6 Å². The molecular formula is C13H9BrO2S. The first-order chi connectivity index (χ1) is 8.28. The van der Waals surface area contributed by atoms with Gasteiger partial charge in [0.05, 0.1) is 0 Å². The van der Waals surface area contributed by atoms with Crippen molar-refractivity contribution in [2.75, 3.05) is 0 Å². The average Bonchev–Trinajstić information content (AvgIpc) is 2.72. The number of thiophene rings is 1. The van der Waals surface area contributed by atoms with Gasteiger partial charge < -0.3 is 9.53 Å². The lowest BCUT2D eigenvalue weighted by Gasteiger charge is -2.17. The number of carbonyl (C=O) groups excluding carboxylic acids is 1. The Morgan fingerprint density at radius 3 is 3.12 bits per heavy atom. The van der Waals surface area contributed by atoms with Gasteiger partial charge in [0.2, 0.25) is 0 Å². The van der Waals surface area contributed by atoms with E-state index in [0.717, 1.165) is 26.9 Å². The number of hydrogen-bond acceptors (Lipinski definition) is 3. The Morgan fingerprint density at radius 2 is 2.29 bits per heavy atom. The molecule has 0 N–H and O–H groups in total. The smallest absolute Gasteiger partial charge is 0.129 e. The molecule has 3 rings (SSSR count). The highest BCUT2D eigenvalue weighted by atomic mass is 79.9. The molecule has 1 aliphatic heterocycles. The summed E-state index contributed by atoms with van der Waals surface area (Å²) in [4.78, 5) is 12.9. The second kappa shape index (κ2) is 4.27. The normalized spacial score (nSPS) is 12.5. The van der Waals surface area contributed by atoms with Gasteiger partial charge in [-0.15, -0.1) is 11.3 Å². The van der Waals surface area contributed by atoms with Gasteiger partial charge in [0, 0.05) is 31.8 Å². The summed E-state index contributed by atoms with van der Waals surface area (Å²) in [6.07, 6.45) is 1.43. The lowest BCUT2D eigenvalue weighted by atomic mass is 10.1. The standard InChI is InChI=1S/C13H9BrO2S/c14-9-1-2-11-12(6-9)16-7-8-5-10(3-4-15)17-13(8)11/h1-2,4-6H,3,7H2. The molecule has 0 bridgehead atoms. The van der Waals surface area contributed by atoms with Crippen LogP contribution in [0.1, 0.15) is 10.4 Å². The lowest BCUT2D eigenvalue weighted by Crippen LogP contribution is -2.02. The zero-order chi connectivity index (χ0) is 11.8. The molecule has 0 amide bonds. The van der Waals surface area contributed by atoms with Gasteiger partial charge in [-0.25, -0.2) is 0 Å². The van der Waals surface area contributed by atoms with E-state index >= 15 is 0 Å². The van der Waals surface area contributed by atoms with Crippen LogP contribution in [-0.4, -0.2) is 6.29 Å². The maximum absolute atomic E-state index is 10.5. The van der Waals surface area contributed by atoms with Gasteiger partial charge in [0.15, 0.2) is 0 Å². The van der Waals surface area contributed by atoms with Gasteiger partial charge >= 0.3 is 0 Å². The van der Waals surface area contributed by atoms with E-state index in [1.807, 2.05) is 12.1 Å². The Balaban J connectivity index is 2.12. The SMILES string of the molecule is O=CCc1cc2c(s1)-c1ccc(Br)cc1OC2. The van der Waals surface area contributed by atoms with Crippen molar-refractivity contribution < 1.29 is 9.53 Å². The summed E-state index contributed by atoms with van der Waals surface area (Å²) >= 11 is 5.12. The highest BCUT2D eigenvalue weighted by Crippen LogP contribution is 2.43. The molecule has 1 aliphatic rings. The number of hydrogen-bond donors (Lipinski definition) is 0. The molecule has 0 atom stereocenters. The molecule has 0 unspecified atom stereocenters. The molecule has 1 aromatic carbocycles. The van der Waals surface area contributed by atoms with Crippen LogP contribution in [0.3, 0.4) is 0 Å². The van der Waals surface area contributed by atoms with E-state index in [-0.39, 0.29) is 0 Å². The van der Waals surface area contributed by atoms with Crippen molar-refractivity contribution in [3.63, 3.8) is 0 Å². The third kappa shape index (κ3) is 1.91. The Morgan fingerprint density at radius 1 is 1.41 bits per heavy atom. The molecule has 17 heavy (non-hydrogen) atoms. The number of aldehydes is 1. The zero-order valence-corrected chi connectivity index (χ0v) is 11.3. The van der Waals surface area contributed by atoms with E-state index < -0.39 is 0 Å². The molecule has 0 radical (unpaired) electrons. The predicted octanol–water partition coefficient (Wildman–Crippen LogP) is 3.81. The first-order valence-electron chi connectivity index (χ1n) is 5.26. The van der Waals surface area contributed by atoms with E-state index in [1.165, 1.54) is 10.4 Å². The molecule has 86 valence electrons. The van der Waals surface area contributed by atoms with Crippen LogP contribution in [0, 0.1) is 0 Å². The van der Waals surface area contributed by atoms with Crippen molar-refractivity contribution >= 4 is 33.6 Å². The highest BCUT2D eigenvalue weighted by molar-refractivity contribution is 9.10. The average molecular weight is 309 g/mol. The second-order valence-corrected chi connectivity index (χ2v) is 5.92. The molecule has 2 aromatic rings. The number of carbonyl (C=O) groups is 1. The van der Waals surface area contributed by atoms with Crippen LogP contribution in [0.4, 0.5) is 0 Å². The summed E-state index contributed by atoms with van der Waals surface area (Å²) in [6.45, 7) is 0.591. The molecule has 0 fully saturated rings. The van der Waals surface area contributed by atoms with Crippen LogP contribution >= 0.6 is 27.3 Å². The van der Waals surface area contributed by atoms with Crippen molar-refractivity contribution in [1.29, 1.82) is 0 Å². The maximum Gasteiger partial charge on any atom is 0.129 e. The number of fused-ring (bicyclic) bond motifs is 3. The van der Waals surface area contributed by atoms with Crippen LogP contribution in [0.5, 0.6) is 5.75 Å². The minimum Gasteiger partial charge on any atom is -0.488 e. The van der Waals surface area contributed by atoms with Crippen molar-refractivity contribution in [2.45, 2.75) is 13.0 Å². The summed E-state index contributed by atoms with van der Waals surface area (Å²) < 4.78 is 6.73. The monoisotopic (exact) mass is 308 g/mol. The van der Waals surface area contributed by atoms with Crippen molar-refractivity contribution in [3.05, 3.63) is 39.2 Å². The molecule has 0 saturated heterocycles. The van der Waals surface area contributed by atoms with Crippen molar-refractivity contribution in [3.8, 4) is 16.2 Å². The van der Waals surface area contributed by atoms with Gasteiger partial charge in [-0.3, -0.25) is 0 Å². The molecule has 0 saturated carbocycles. The zero-order valence-electron chi connectivity index (χ0n) is 8.90. The largest absolute Gasteiger partial charge is 0.488 e. The molecule has 4 heteroatoms. The van der Waals surface area contributed by atoms with Crippen LogP contribution < -0.4 is 4.74 Å². The van der Waals surface area contributed by atoms with E-state index in [2.05, 4.69) is 28.1 Å². The summed E-state index contributed by atoms with van der Waals surface area (Å²) in [6, 6.07) is 8.12. The maximum atomic E-state index is 10.5. The Kier molecular flexibility index (Phi) is 2.76. The molecule has 2 nitrogen and oxygen atoms in total. The number of benzene rings is 1. The second-order valence-electron chi connectivity index (χ2n) is 3.87. The summed E-state index contributed by atoms with van der Waals surface area (Å²) in [7, 11) is 0. The van der Waals surface area contributed by atoms with Crippen LogP contribution in [0.25, 0.3) is 10.4 Å². The topological polar surface area (TPSA) is 26.3 Å². The van der Waals surface area contributed by atoms with Crippen LogP contribution in [0.15, 0.2) is 28.7 Å². The van der Waals surface area contributed by atoms with Gasteiger partial charge in [-0.05, 0) is 24.3 Å². The number of halogens is 1. The predicted molar refractivity (Wildman–Crippen MR) is 71.6 cm³/mol. The van der Waals surface area contributed by atoms with Gasteiger partial charge in [-0.2, -0.15) is 0 Å². The quantitative estimate of drug-likeness (QED) is 0.789. The number of rotatable bonds is 2. The first kappa shape index (κ1) is 11.0. The van der Waals surface area contributed by atoms with Gasteiger partial charge in [0.25, 0.3) is 0 Å². The fraction of sp³-hybridized carbons (Fsp3) is 0.154. The molecule has 2 heterocycles.